The van der Waals surface area contributed by atoms with Crippen LogP contribution in [-0.4, -0.2) is 32.8 Å². The number of ketones is 1. The van der Waals surface area contributed by atoms with Crippen LogP contribution in [0, 0.1) is 19.8 Å². The highest BCUT2D eigenvalue weighted by Gasteiger charge is 2.18. The van der Waals surface area contributed by atoms with E-state index in [1.165, 1.54) is 23.1 Å². The largest absolute Gasteiger partial charge is 0.360 e. The lowest BCUT2D eigenvalue weighted by molar-refractivity contribution is 0.102. The van der Waals surface area contributed by atoms with Gasteiger partial charge in [0.1, 0.15) is 0 Å². The molecule has 2 rings (SSSR count). The number of hydrogen-bond acceptors (Lipinski definition) is 6. The molecule has 0 saturated carbocycles. The second-order valence-electron chi connectivity index (χ2n) is 6.61. The summed E-state index contributed by atoms with van der Waals surface area (Å²) in [7, 11) is 0. The summed E-state index contributed by atoms with van der Waals surface area (Å²) in [6, 6.07) is 2.35. The van der Waals surface area contributed by atoms with Gasteiger partial charge in [0.25, 0.3) is 0 Å². The van der Waals surface area contributed by atoms with Crippen LogP contribution in [0.15, 0.2) is 10.4 Å². The number of rotatable bonds is 8. The van der Waals surface area contributed by atoms with E-state index < -0.39 is 0 Å². The summed E-state index contributed by atoms with van der Waals surface area (Å²) in [5.74, 6) is 1.09. The number of anilines is 1. The Morgan fingerprint density at radius 1 is 1.29 bits per heavy atom. The van der Waals surface area contributed by atoms with Crippen molar-refractivity contribution in [2.45, 2.75) is 51.9 Å². The molecule has 7 heteroatoms. The topological polar surface area (TPSA) is 59.8 Å². The van der Waals surface area contributed by atoms with E-state index in [0.29, 0.717) is 17.7 Å². The molecule has 0 unspecified atom stereocenters. The highest BCUT2D eigenvalue weighted by atomic mass is 32.2. The molecule has 0 radical (unpaired) electrons. The first-order chi connectivity index (χ1) is 11.3. The molecule has 0 amide bonds. The predicted molar refractivity (Wildman–Crippen MR) is 103 cm³/mol. The number of thioether (sulfide) groups is 1. The van der Waals surface area contributed by atoms with E-state index in [4.69, 9.17) is 0 Å². The van der Waals surface area contributed by atoms with E-state index in [9.17, 15) is 4.79 Å². The van der Waals surface area contributed by atoms with Crippen molar-refractivity contribution in [1.29, 1.82) is 0 Å². The van der Waals surface area contributed by atoms with Gasteiger partial charge in [-0.1, -0.05) is 36.9 Å². The lowest BCUT2D eigenvalue weighted by Crippen LogP contribution is -2.08. The summed E-state index contributed by atoms with van der Waals surface area (Å²) in [4.78, 5) is 12.6. The van der Waals surface area contributed by atoms with Gasteiger partial charge in [-0.2, -0.15) is 0 Å². The molecule has 132 valence electrons. The molecule has 0 spiro atoms. The molecule has 0 fully saturated rings. The Hall–Kier alpha value is -1.34. The van der Waals surface area contributed by atoms with E-state index in [-0.39, 0.29) is 5.78 Å². The Morgan fingerprint density at radius 3 is 2.58 bits per heavy atom. The fourth-order valence-corrected chi connectivity index (χ4v) is 4.33. The molecule has 0 saturated heterocycles. The van der Waals surface area contributed by atoms with Gasteiger partial charge < -0.3 is 9.88 Å². The van der Waals surface area contributed by atoms with Gasteiger partial charge in [0.2, 0.25) is 5.13 Å². The van der Waals surface area contributed by atoms with Gasteiger partial charge in [0, 0.05) is 29.5 Å². The molecule has 0 aliphatic rings. The molecule has 0 atom stereocenters. The highest BCUT2D eigenvalue weighted by molar-refractivity contribution is 8.01. The molecule has 0 aliphatic heterocycles. The quantitative estimate of drug-likeness (QED) is 0.547. The van der Waals surface area contributed by atoms with Crippen molar-refractivity contribution in [3.8, 4) is 0 Å². The van der Waals surface area contributed by atoms with Gasteiger partial charge in [-0.15, -0.1) is 10.2 Å². The average molecular weight is 367 g/mol. The Labute approximate surface area is 152 Å². The first-order valence-electron chi connectivity index (χ1n) is 8.21. The molecular formula is C17H26N4OS2. The maximum absolute atomic E-state index is 12.6. The molecular weight excluding hydrogens is 340 g/mol. The molecule has 2 heterocycles. The number of carbonyl (C=O) groups is 1. The minimum Gasteiger partial charge on any atom is -0.360 e. The highest BCUT2D eigenvalue weighted by Crippen LogP contribution is 2.27. The van der Waals surface area contributed by atoms with Crippen molar-refractivity contribution in [3.63, 3.8) is 0 Å². The molecule has 2 aromatic rings. The van der Waals surface area contributed by atoms with Crippen LogP contribution in [0.3, 0.4) is 0 Å². The monoisotopic (exact) mass is 366 g/mol. The van der Waals surface area contributed by atoms with Crippen LogP contribution in [0.25, 0.3) is 0 Å². The fraction of sp³-hybridized carbons (Fsp3) is 0.588. The standard InChI is InChI=1S/C17H26N4OS2/c1-10(2)8-18-16-19-20-17(24-16)23-9-15(22)14-7-12(5)21(11(3)4)13(14)6/h7,10-11H,8-9H2,1-6H3,(H,18,19). The summed E-state index contributed by atoms with van der Waals surface area (Å²) in [5.41, 5.74) is 2.99. The molecule has 2 aromatic heterocycles. The van der Waals surface area contributed by atoms with Gasteiger partial charge in [-0.05, 0) is 39.7 Å². The molecule has 1 N–H and O–H groups in total. The number of aryl methyl sites for hydroxylation is 1. The molecule has 24 heavy (non-hydrogen) atoms. The van der Waals surface area contributed by atoms with Crippen molar-refractivity contribution < 1.29 is 4.79 Å². The SMILES string of the molecule is Cc1cc(C(=O)CSc2nnc(NCC(C)C)s2)c(C)n1C(C)C. The Morgan fingerprint density at radius 2 is 2.00 bits per heavy atom. The zero-order valence-corrected chi connectivity index (χ0v) is 16.8. The third-order valence-corrected chi connectivity index (χ3v) is 5.71. The van der Waals surface area contributed by atoms with Crippen molar-refractivity contribution in [1.82, 2.24) is 14.8 Å². The third-order valence-electron chi connectivity index (χ3n) is 3.70. The smallest absolute Gasteiger partial charge is 0.206 e. The van der Waals surface area contributed by atoms with E-state index >= 15 is 0 Å². The number of nitrogens with one attached hydrogen (secondary N) is 1. The second kappa shape index (κ2) is 8.16. The number of carbonyl (C=O) groups excluding carboxylic acids is 1. The molecule has 5 nitrogen and oxygen atoms in total. The van der Waals surface area contributed by atoms with E-state index in [2.05, 4.69) is 47.8 Å². The molecule has 0 aromatic carbocycles. The van der Waals surface area contributed by atoms with Crippen LogP contribution in [0.5, 0.6) is 0 Å². The second-order valence-corrected chi connectivity index (χ2v) is 8.81. The first-order valence-corrected chi connectivity index (χ1v) is 10.0. The zero-order chi connectivity index (χ0) is 17.9. The summed E-state index contributed by atoms with van der Waals surface area (Å²) in [5, 5.41) is 12.3. The predicted octanol–water partition coefficient (Wildman–Crippen LogP) is 4.58. The average Bonchev–Trinajstić information content (AvgIpc) is 3.07. The summed E-state index contributed by atoms with van der Waals surface area (Å²) in [6.45, 7) is 13.5. The lowest BCUT2D eigenvalue weighted by Gasteiger charge is -2.13. The van der Waals surface area contributed by atoms with Crippen LogP contribution < -0.4 is 5.32 Å². The zero-order valence-electron chi connectivity index (χ0n) is 15.2. The van der Waals surface area contributed by atoms with Crippen LogP contribution in [0.4, 0.5) is 5.13 Å². The summed E-state index contributed by atoms with van der Waals surface area (Å²) in [6.07, 6.45) is 0. The van der Waals surface area contributed by atoms with Crippen molar-refractivity contribution >= 4 is 34.0 Å². The normalized spacial score (nSPS) is 11.5. The minimum absolute atomic E-state index is 0.145. The van der Waals surface area contributed by atoms with Crippen molar-refractivity contribution in [2.75, 3.05) is 17.6 Å². The van der Waals surface area contributed by atoms with Crippen LogP contribution in [0.1, 0.15) is 55.5 Å². The Balaban J connectivity index is 1.98. The maximum Gasteiger partial charge on any atom is 0.206 e. The number of hydrogen-bond donors (Lipinski definition) is 1. The lowest BCUT2D eigenvalue weighted by atomic mass is 10.2. The van der Waals surface area contributed by atoms with Gasteiger partial charge in [0.15, 0.2) is 10.1 Å². The van der Waals surface area contributed by atoms with Crippen LogP contribution >= 0.6 is 23.1 Å². The van der Waals surface area contributed by atoms with E-state index in [1.54, 1.807) is 0 Å². The van der Waals surface area contributed by atoms with Crippen LogP contribution in [0.2, 0.25) is 0 Å². The molecule has 0 aliphatic carbocycles. The van der Waals surface area contributed by atoms with Gasteiger partial charge in [-0.3, -0.25) is 4.79 Å². The van der Waals surface area contributed by atoms with Crippen molar-refractivity contribution in [3.05, 3.63) is 23.0 Å². The van der Waals surface area contributed by atoms with Gasteiger partial charge in [-0.25, -0.2) is 0 Å². The summed E-state index contributed by atoms with van der Waals surface area (Å²) >= 11 is 2.96. The third kappa shape index (κ3) is 4.60. The van der Waals surface area contributed by atoms with E-state index in [0.717, 1.165) is 33.0 Å². The summed E-state index contributed by atoms with van der Waals surface area (Å²) < 4.78 is 3.03. The van der Waals surface area contributed by atoms with Gasteiger partial charge in [0.05, 0.1) is 5.75 Å². The van der Waals surface area contributed by atoms with E-state index in [1.807, 2.05) is 19.9 Å². The maximum atomic E-state index is 12.6. The minimum atomic E-state index is 0.145. The molecule has 0 bridgehead atoms. The number of nitrogens with zero attached hydrogens (tertiary/aromatic N) is 3. The number of aromatic nitrogens is 3. The fourth-order valence-electron chi connectivity index (χ4n) is 2.69. The first kappa shape index (κ1) is 19.0. The van der Waals surface area contributed by atoms with Crippen LogP contribution in [-0.2, 0) is 0 Å². The Bertz CT molecular complexity index is 704. The van der Waals surface area contributed by atoms with Crippen molar-refractivity contribution in [2.24, 2.45) is 5.92 Å². The Kier molecular flexibility index (Phi) is 6.46. The van der Waals surface area contributed by atoms with Gasteiger partial charge >= 0.3 is 0 Å². The number of Topliss-reactive ketones (excluding diaryl/α,β-unsaturated/α-hetero) is 1.